The van der Waals surface area contributed by atoms with Gasteiger partial charge >= 0.3 is 0 Å². The number of ketones is 1. The molecular weight excluding hydrogens is 214 g/mol. The predicted octanol–water partition coefficient (Wildman–Crippen LogP) is 2.42. The van der Waals surface area contributed by atoms with Crippen LogP contribution in [0.25, 0.3) is 5.69 Å². The molecule has 0 aliphatic carbocycles. The fraction of sp³-hybridized carbons (Fsp3) is 0.154. The molecule has 86 valence electrons. The number of para-hydroxylation sites is 1. The van der Waals surface area contributed by atoms with Crippen LogP contribution in [-0.4, -0.2) is 20.8 Å². The van der Waals surface area contributed by atoms with E-state index in [4.69, 9.17) is 0 Å². The molecule has 0 amide bonds. The quantitative estimate of drug-likeness (QED) is 0.597. The van der Waals surface area contributed by atoms with Crippen molar-refractivity contribution in [1.82, 2.24) is 15.0 Å². The van der Waals surface area contributed by atoms with E-state index in [1.807, 2.05) is 44.2 Å². The van der Waals surface area contributed by atoms with E-state index in [1.54, 1.807) is 6.08 Å². The van der Waals surface area contributed by atoms with Gasteiger partial charge < -0.3 is 0 Å². The van der Waals surface area contributed by atoms with Crippen LogP contribution in [0.1, 0.15) is 24.3 Å². The first-order valence-electron chi connectivity index (χ1n) is 5.34. The van der Waals surface area contributed by atoms with Gasteiger partial charge in [-0.15, -0.1) is 5.10 Å². The van der Waals surface area contributed by atoms with Crippen molar-refractivity contribution in [1.29, 1.82) is 0 Å². The lowest BCUT2D eigenvalue weighted by molar-refractivity contribution is 0.104. The van der Waals surface area contributed by atoms with Gasteiger partial charge in [0.25, 0.3) is 0 Å². The summed E-state index contributed by atoms with van der Waals surface area (Å²) in [6, 6.07) is 9.49. The zero-order chi connectivity index (χ0) is 12.3. The number of nitrogens with zero attached hydrogens (tertiary/aromatic N) is 3. The third-order valence-corrected chi connectivity index (χ3v) is 2.15. The van der Waals surface area contributed by atoms with E-state index in [-0.39, 0.29) is 5.78 Å². The average molecular weight is 227 g/mol. The molecule has 0 N–H and O–H groups in total. The standard InChI is InChI=1S/C13H13N3O/c1-10(2)8-13(17)12-9-14-16(15-12)11-6-4-3-5-7-11/h3-9H,1-2H3. The topological polar surface area (TPSA) is 47.8 Å². The normalized spacial score (nSPS) is 10.0. The van der Waals surface area contributed by atoms with Crippen molar-refractivity contribution in [3.8, 4) is 5.69 Å². The van der Waals surface area contributed by atoms with Crippen molar-refractivity contribution in [2.45, 2.75) is 13.8 Å². The lowest BCUT2D eigenvalue weighted by atomic mass is 10.2. The molecule has 0 aliphatic rings. The molecule has 4 nitrogen and oxygen atoms in total. The Morgan fingerprint density at radius 1 is 1.24 bits per heavy atom. The SMILES string of the molecule is CC(C)=CC(=O)c1cnn(-c2ccccc2)n1. The summed E-state index contributed by atoms with van der Waals surface area (Å²) in [6.45, 7) is 3.75. The highest BCUT2D eigenvalue weighted by atomic mass is 16.1. The van der Waals surface area contributed by atoms with E-state index in [9.17, 15) is 4.79 Å². The van der Waals surface area contributed by atoms with Crippen molar-refractivity contribution in [3.63, 3.8) is 0 Å². The largest absolute Gasteiger partial charge is 0.287 e. The molecule has 0 radical (unpaired) electrons. The monoisotopic (exact) mass is 227 g/mol. The lowest BCUT2D eigenvalue weighted by Gasteiger charge is -1.96. The van der Waals surface area contributed by atoms with Gasteiger partial charge in [0.2, 0.25) is 5.78 Å². The van der Waals surface area contributed by atoms with Crippen LogP contribution >= 0.6 is 0 Å². The van der Waals surface area contributed by atoms with Crippen LogP contribution in [0.15, 0.2) is 48.2 Å². The zero-order valence-corrected chi connectivity index (χ0v) is 9.79. The molecule has 0 unspecified atom stereocenters. The predicted molar refractivity (Wildman–Crippen MR) is 65.1 cm³/mol. The summed E-state index contributed by atoms with van der Waals surface area (Å²) in [5.41, 5.74) is 2.14. The Labute approximate surface area is 99.6 Å². The summed E-state index contributed by atoms with van der Waals surface area (Å²) < 4.78 is 0. The number of benzene rings is 1. The van der Waals surface area contributed by atoms with Gasteiger partial charge in [0.05, 0.1) is 11.9 Å². The Morgan fingerprint density at radius 3 is 2.59 bits per heavy atom. The maximum absolute atomic E-state index is 11.7. The van der Waals surface area contributed by atoms with Crippen LogP contribution in [0.5, 0.6) is 0 Å². The molecule has 0 fully saturated rings. The van der Waals surface area contributed by atoms with Crippen LogP contribution in [0.2, 0.25) is 0 Å². The maximum atomic E-state index is 11.7. The third kappa shape index (κ3) is 2.66. The molecule has 0 spiro atoms. The lowest BCUT2D eigenvalue weighted by Crippen LogP contribution is -2.01. The number of carbonyl (C=O) groups excluding carboxylic acids is 1. The second-order valence-corrected chi connectivity index (χ2v) is 3.94. The summed E-state index contributed by atoms with van der Waals surface area (Å²) in [5.74, 6) is -0.118. The van der Waals surface area contributed by atoms with Crippen LogP contribution in [-0.2, 0) is 0 Å². The first kappa shape index (κ1) is 11.3. The van der Waals surface area contributed by atoms with Gasteiger partial charge in [-0.25, -0.2) is 0 Å². The fourth-order valence-corrected chi connectivity index (χ4v) is 1.40. The van der Waals surface area contributed by atoms with Crippen LogP contribution in [0.3, 0.4) is 0 Å². The number of hydrogen-bond donors (Lipinski definition) is 0. The molecule has 0 aliphatic heterocycles. The minimum absolute atomic E-state index is 0.118. The number of aromatic nitrogens is 3. The Kier molecular flexibility index (Phi) is 3.14. The molecule has 0 saturated carbocycles. The second kappa shape index (κ2) is 4.74. The number of hydrogen-bond acceptors (Lipinski definition) is 3. The molecule has 1 heterocycles. The van der Waals surface area contributed by atoms with E-state index < -0.39 is 0 Å². The van der Waals surface area contributed by atoms with Crippen molar-refractivity contribution >= 4 is 5.78 Å². The Hall–Kier alpha value is -2.23. The van der Waals surface area contributed by atoms with Crippen molar-refractivity contribution in [3.05, 3.63) is 53.9 Å². The van der Waals surface area contributed by atoms with Gasteiger partial charge in [0.1, 0.15) is 0 Å². The minimum Gasteiger partial charge on any atom is -0.287 e. The molecule has 0 bridgehead atoms. The molecule has 17 heavy (non-hydrogen) atoms. The summed E-state index contributed by atoms with van der Waals surface area (Å²) in [7, 11) is 0. The second-order valence-electron chi connectivity index (χ2n) is 3.94. The highest BCUT2D eigenvalue weighted by Gasteiger charge is 2.08. The van der Waals surface area contributed by atoms with Crippen LogP contribution in [0, 0.1) is 0 Å². The number of carbonyl (C=O) groups is 1. The van der Waals surface area contributed by atoms with Gasteiger partial charge in [-0.05, 0) is 32.1 Å². The summed E-state index contributed by atoms with van der Waals surface area (Å²) >= 11 is 0. The summed E-state index contributed by atoms with van der Waals surface area (Å²) in [4.78, 5) is 13.2. The van der Waals surface area contributed by atoms with Crippen LogP contribution in [0.4, 0.5) is 0 Å². The molecule has 0 atom stereocenters. The van der Waals surface area contributed by atoms with Crippen LogP contribution < -0.4 is 0 Å². The zero-order valence-electron chi connectivity index (χ0n) is 9.79. The van der Waals surface area contributed by atoms with E-state index in [2.05, 4.69) is 10.2 Å². The summed E-state index contributed by atoms with van der Waals surface area (Å²) in [5, 5.41) is 8.22. The van der Waals surface area contributed by atoms with Gasteiger partial charge in [0.15, 0.2) is 5.69 Å². The highest BCUT2D eigenvalue weighted by Crippen LogP contribution is 2.05. The first-order valence-corrected chi connectivity index (χ1v) is 5.34. The van der Waals surface area contributed by atoms with Crippen molar-refractivity contribution < 1.29 is 4.79 Å². The number of allylic oxidation sites excluding steroid dienone is 2. The minimum atomic E-state index is -0.118. The molecule has 2 rings (SSSR count). The van der Waals surface area contributed by atoms with E-state index in [0.717, 1.165) is 11.3 Å². The average Bonchev–Trinajstić information content (AvgIpc) is 2.78. The Bertz CT molecular complexity index is 551. The molecule has 4 heteroatoms. The highest BCUT2D eigenvalue weighted by molar-refractivity contribution is 6.03. The van der Waals surface area contributed by atoms with Crippen molar-refractivity contribution in [2.75, 3.05) is 0 Å². The van der Waals surface area contributed by atoms with Gasteiger partial charge in [0, 0.05) is 0 Å². The molecule has 1 aromatic carbocycles. The van der Waals surface area contributed by atoms with Gasteiger partial charge in [-0.1, -0.05) is 23.8 Å². The molecule has 0 saturated heterocycles. The first-order chi connectivity index (χ1) is 8.16. The van der Waals surface area contributed by atoms with Gasteiger partial charge in [-0.2, -0.15) is 9.90 Å². The fourth-order valence-electron chi connectivity index (χ4n) is 1.40. The Morgan fingerprint density at radius 2 is 1.94 bits per heavy atom. The molecular formula is C13H13N3O. The maximum Gasteiger partial charge on any atom is 0.207 e. The van der Waals surface area contributed by atoms with E-state index in [1.165, 1.54) is 11.0 Å². The number of rotatable bonds is 3. The summed E-state index contributed by atoms with van der Waals surface area (Å²) in [6.07, 6.45) is 3.04. The molecule has 2 aromatic rings. The Balaban J connectivity index is 2.28. The van der Waals surface area contributed by atoms with E-state index in [0.29, 0.717) is 5.69 Å². The molecule has 1 aromatic heterocycles. The van der Waals surface area contributed by atoms with Crippen molar-refractivity contribution in [2.24, 2.45) is 0 Å². The van der Waals surface area contributed by atoms with Gasteiger partial charge in [-0.3, -0.25) is 4.79 Å². The van der Waals surface area contributed by atoms with E-state index >= 15 is 0 Å². The smallest absolute Gasteiger partial charge is 0.207 e. The third-order valence-electron chi connectivity index (χ3n) is 2.15.